The molecule has 3 aromatic heterocycles. The van der Waals surface area contributed by atoms with Crippen molar-refractivity contribution in [2.45, 2.75) is 45.2 Å². The molecule has 0 bridgehead atoms. The third-order valence-electron chi connectivity index (χ3n) is 5.14. The monoisotopic (exact) mass is 382 g/mol. The SMILES string of the molecule is CN(CC1CCCN1c1cccnn1)c1nc2c(cnn2C(C)(C)C)c(=O)[nH]1. The summed E-state index contributed by atoms with van der Waals surface area (Å²) in [6, 6.07) is 4.18. The van der Waals surface area contributed by atoms with Crippen LogP contribution in [0.25, 0.3) is 11.0 Å². The molecular weight excluding hydrogens is 356 g/mol. The number of aromatic nitrogens is 6. The van der Waals surface area contributed by atoms with Crippen molar-refractivity contribution in [1.29, 1.82) is 0 Å². The van der Waals surface area contributed by atoms with Crippen molar-refractivity contribution in [2.75, 3.05) is 29.9 Å². The fraction of sp³-hybridized carbons (Fsp3) is 0.526. The molecule has 28 heavy (non-hydrogen) atoms. The quantitative estimate of drug-likeness (QED) is 0.734. The van der Waals surface area contributed by atoms with Crippen LogP contribution in [0.5, 0.6) is 0 Å². The summed E-state index contributed by atoms with van der Waals surface area (Å²) in [4.78, 5) is 24.5. The first kappa shape index (κ1) is 18.4. The lowest BCUT2D eigenvalue weighted by Crippen LogP contribution is -2.40. The number of likely N-dealkylation sites (N-methyl/N-ethyl adjacent to an activating group) is 1. The molecule has 0 saturated carbocycles. The number of hydrogen-bond donors (Lipinski definition) is 1. The topological polar surface area (TPSA) is 95.8 Å². The van der Waals surface area contributed by atoms with Crippen LogP contribution in [0.4, 0.5) is 11.8 Å². The largest absolute Gasteiger partial charge is 0.350 e. The zero-order valence-corrected chi connectivity index (χ0v) is 16.8. The zero-order chi connectivity index (χ0) is 19.9. The minimum absolute atomic E-state index is 0.167. The van der Waals surface area contributed by atoms with E-state index in [0.29, 0.717) is 17.0 Å². The average molecular weight is 382 g/mol. The van der Waals surface area contributed by atoms with E-state index >= 15 is 0 Å². The molecule has 0 spiro atoms. The first-order chi connectivity index (χ1) is 13.3. The van der Waals surface area contributed by atoms with E-state index in [1.165, 1.54) is 0 Å². The van der Waals surface area contributed by atoms with Gasteiger partial charge in [-0.3, -0.25) is 9.78 Å². The number of hydrogen-bond acceptors (Lipinski definition) is 7. The van der Waals surface area contributed by atoms with Gasteiger partial charge in [-0.05, 0) is 45.7 Å². The van der Waals surface area contributed by atoms with Crippen molar-refractivity contribution in [3.63, 3.8) is 0 Å². The lowest BCUT2D eigenvalue weighted by molar-refractivity contribution is 0.366. The molecular formula is C19H26N8O. The Bertz CT molecular complexity index is 1020. The summed E-state index contributed by atoms with van der Waals surface area (Å²) in [5, 5.41) is 13.1. The molecule has 9 heteroatoms. The van der Waals surface area contributed by atoms with Crippen molar-refractivity contribution in [1.82, 2.24) is 29.9 Å². The zero-order valence-electron chi connectivity index (χ0n) is 16.8. The van der Waals surface area contributed by atoms with Gasteiger partial charge in [-0.2, -0.15) is 15.2 Å². The minimum atomic E-state index is -0.257. The van der Waals surface area contributed by atoms with Crippen LogP contribution in [0.3, 0.4) is 0 Å². The van der Waals surface area contributed by atoms with E-state index in [4.69, 9.17) is 4.98 Å². The Hall–Kier alpha value is -2.97. The highest BCUT2D eigenvalue weighted by atomic mass is 16.1. The van der Waals surface area contributed by atoms with Crippen LogP contribution in [0.15, 0.2) is 29.3 Å². The summed E-state index contributed by atoms with van der Waals surface area (Å²) in [5.41, 5.74) is 0.182. The molecule has 0 aromatic carbocycles. The first-order valence-corrected chi connectivity index (χ1v) is 9.58. The summed E-state index contributed by atoms with van der Waals surface area (Å²) >= 11 is 0. The van der Waals surface area contributed by atoms with E-state index < -0.39 is 0 Å². The van der Waals surface area contributed by atoms with Crippen LogP contribution in [-0.4, -0.2) is 56.1 Å². The van der Waals surface area contributed by atoms with Crippen LogP contribution < -0.4 is 15.4 Å². The fourth-order valence-electron chi connectivity index (χ4n) is 3.75. The standard InChI is InChI=1S/C19H26N8O/c1-19(2,3)27-16-14(11-21-27)17(28)23-18(22-16)25(4)12-13-7-6-10-26(13)15-8-5-9-20-24-15/h5,8-9,11,13H,6-7,10,12H2,1-4H3,(H,22,23,28). The van der Waals surface area contributed by atoms with E-state index in [2.05, 4.69) is 25.2 Å². The van der Waals surface area contributed by atoms with Crippen LogP contribution in [0.1, 0.15) is 33.6 Å². The number of fused-ring (bicyclic) bond motifs is 1. The predicted molar refractivity (Wildman–Crippen MR) is 109 cm³/mol. The number of H-pyrrole nitrogens is 1. The highest BCUT2D eigenvalue weighted by Crippen LogP contribution is 2.25. The van der Waals surface area contributed by atoms with Gasteiger partial charge in [0, 0.05) is 32.4 Å². The van der Waals surface area contributed by atoms with Gasteiger partial charge in [-0.25, -0.2) is 4.68 Å². The van der Waals surface area contributed by atoms with Crippen molar-refractivity contribution in [3.8, 4) is 0 Å². The molecule has 0 amide bonds. The smallest absolute Gasteiger partial charge is 0.263 e. The molecule has 0 radical (unpaired) electrons. The average Bonchev–Trinajstić information content (AvgIpc) is 3.29. The second-order valence-corrected chi connectivity index (χ2v) is 8.31. The first-order valence-electron chi connectivity index (χ1n) is 9.58. The van der Waals surface area contributed by atoms with Gasteiger partial charge >= 0.3 is 0 Å². The van der Waals surface area contributed by atoms with Crippen LogP contribution in [-0.2, 0) is 5.54 Å². The van der Waals surface area contributed by atoms with E-state index in [0.717, 1.165) is 31.7 Å². The molecule has 9 nitrogen and oxygen atoms in total. The lowest BCUT2D eigenvalue weighted by Gasteiger charge is -2.29. The third kappa shape index (κ3) is 3.32. The number of nitrogens with one attached hydrogen (secondary N) is 1. The second kappa shape index (κ2) is 6.88. The molecule has 1 N–H and O–H groups in total. The highest BCUT2D eigenvalue weighted by molar-refractivity contribution is 5.74. The van der Waals surface area contributed by atoms with Gasteiger partial charge in [0.2, 0.25) is 5.95 Å². The van der Waals surface area contributed by atoms with E-state index in [1.807, 2.05) is 44.9 Å². The Kier molecular flexibility index (Phi) is 4.52. The van der Waals surface area contributed by atoms with Crippen LogP contribution in [0, 0.1) is 0 Å². The summed E-state index contributed by atoms with van der Waals surface area (Å²) < 4.78 is 1.80. The number of rotatable bonds is 4. The molecule has 1 fully saturated rings. The summed E-state index contributed by atoms with van der Waals surface area (Å²) in [6.07, 6.45) is 5.44. The highest BCUT2D eigenvalue weighted by Gasteiger charge is 2.28. The molecule has 1 aliphatic heterocycles. The fourth-order valence-corrected chi connectivity index (χ4v) is 3.75. The molecule has 1 unspecified atom stereocenters. The molecule has 4 rings (SSSR count). The predicted octanol–water partition coefficient (Wildman–Crippen LogP) is 1.77. The number of anilines is 2. The normalized spacial score (nSPS) is 17.4. The second-order valence-electron chi connectivity index (χ2n) is 8.31. The van der Waals surface area contributed by atoms with Gasteiger partial charge in [0.25, 0.3) is 5.56 Å². The Morgan fingerprint density at radius 3 is 2.89 bits per heavy atom. The lowest BCUT2D eigenvalue weighted by atomic mass is 10.1. The minimum Gasteiger partial charge on any atom is -0.350 e. The maximum atomic E-state index is 12.6. The van der Waals surface area contributed by atoms with Crippen molar-refractivity contribution >= 4 is 22.8 Å². The molecule has 1 saturated heterocycles. The van der Waals surface area contributed by atoms with E-state index in [-0.39, 0.29) is 17.1 Å². The summed E-state index contributed by atoms with van der Waals surface area (Å²) in [5.74, 6) is 1.44. The maximum absolute atomic E-state index is 12.6. The van der Waals surface area contributed by atoms with E-state index in [1.54, 1.807) is 17.1 Å². The van der Waals surface area contributed by atoms with Gasteiger partial charge in [-0.15, -0.1) is 5.10 Å². The van der Waals surface area contributed by atoms with Gasteiger partial charge < -0.3 is 9.80 Å². The summed E-state index contributed by atoms with van der Waals surface area (Å²) in [7, 11) is 1.95. The number of aromatic amines is 1. The Labute approximate surface area is 163 Å². The Balaban J connectivity index is 1.62. The molecule has 1 atom stereocenters. The van der Waals surface area contributed by atoms with Gasteiger partial charge in [0.15, 0.2) is 11.5 Å². The number of nitrogens with zero attached hydrogens (tertiary/aromatic N) is 7. The molecule has 4 heterocycles. The van der Waals surface area contributed by atoms with Gasteiger partial charge in [-0.1, -0.05) is 0 Å². The molecule has 0 aliphatic carbocycles. The molecule has 1 aliphatic rings. The van der Waals surface area contributed by atoms with Crippen LogP contribution >= 0.6 is 0 Å². The maximum Gasteiger partial charge on any atom is 0.263 e. The van der Waals surface area contributed by atoms with Gasteiger partial charge in [0.05, 0.1) is 11.7 Å². The van der Waals surface area contributed by atoms with Crippen molar-refractivity contribution < 1.29 is 0 Å². The van der Waals surface area contributed by atoms with Crippen molar-refractivity contribution in [3.05, 3.63) is 34.9 Å². The summed E-state index contributed by atoms with van der Waals surface area (Å²) in [6.45, 7) is 7.82. The van der Waals surface area contributed by atoms with Crippen LogP contribution in [0.2, 0.25) is 0 Å². The van der Waals surface area contributed by atoms with Gasteiger partial charge in [0.1, 0.15) is 5.39 Å². The van der Waals surface area contributed by atoms with E-state index in [9.17, 15) is 4.79 Å². The Morgan fingerprint density at radius 2 is 2.18 bits per heavy atom. The Morgan fingerprint density at radius 1 is 1.36 bits per heavy atom. The molecule has 3 aromatic rings. The van der Waals surface area contributed by atoms with Crippen molar-refractivity contribution in [2.24, 2.45) is 0 Å². The molecule has 148 valence electrons. The third-order valence-corrected chi connectivity index (χ3v) is 5.14.